The van der Waals surface area contributed by atoms with Gasteiger partial charge >= 0.3 is 6.18 Å². The second kappa shape index (κ2) is 4.20. The molecule has 2 N–H and O–H groups in total. The Bertz CT molecular complexity index is 551. The second-order valence-electron chi connectivity index (χ2n) is 3.74. The highest BCUT2D eigenvalue weighted by Crippen LogP contribution is 2.36. The van der Waals surface area contributed by atoms with Gasteiger partial charge in [0.2, 0.25) is 0 Å². The van der Waals surface area contributed by atoms with E-state index < -0.39 is 12.2 Å². The third kappa shape index (κ3) is 2.37. The minimum atomic E-state index is -4.49. The Labute approximate surface area is 101 Å². The van der Waals surface area contributed by atoms with Crippen LogP contribution < -0.4 is 5.73 Å². The first-order chi connectivity index (χ1) is 7.89. The molecule has 2 aromatic carbocycles. The molecule has 2 aromatic rings. The van der Waals surface area contributed by atoms with Crippen LogP contribution in [0.5, 0.6) is 0 Å². The molecular weight excluding hydrogens is 251 g/mol. The van der Waals surface area contributed by atoms with E-state index in [4.69, 9.17) is 17.3 Å². The van der Waals surface area contributed by atoms with E-state index in [0.29, 0.717) is 5.39 Å². The topological polar surface area (TPSA) is 26.0 Å². The lowest BCUT2D eigenvalue weighted by molar-refractivity contribution is -0.149. The Kier molecular flexibility index (Phi) is 3.02. The highest BCUT2D eigenvalue weighted by Gasteiger charge is 2.38. The molecule has 1 nitrogen and oxygen atoms in total. The van der Waals surface area contributed by atoms with Gasteiger partial charge in [0.15, 0.2) is 0 Å². The van der Waals surface area contributed by atoms with Gasteiger partial charge in [-0.25, -0.2) is 0 Å². The summed E-state index contributed by atoms with van der Waals surface area (Å²) in [5.41, 5.74) is 5.06. The molecule has 0 amide bonds. The lowest BCUT2D eigenvalue weighted by atomic mass is 10.0. The van der Waals surface area contributed by atoms with Crippen molar-refractivity contribution in [3.63, 3.8) is 0 Å². The van der Waals surface area contributed by atoms with Crippen LogP contribution in [0.15, 0.2) is 36.4 Å². The van der Waals surface area contributed by atoms with Crippen molar-refractivity contribution >= 4 is 22.4 Å². The summed E-state index contributed by atoms with van der Waals surface area (Å²) in [6, 6.07) is 7.87. The van der Waals surface area contributed by atoms with Gasteiger partial charge < -0.3 is 5.73 Å². The first-order valence-electron chi connectivity index (χ1n) is 4.90. The number of halogens is 4. The molecule has 0 aromatic heterocycles. The lowest BCUT2D eigenvalue weighted by Gasteiger charge is -2.17. The van der Waals surface area contributed by atoms with E-state index >= 15 is 0 Å². The molecule has 5 heteroatoms. The summed E-state index contributed by atoms with van der Waals surface area (Å²) in [7, 11) is 0. The van der Waals surface area contributed by atoms with Crippen molar-refractivity contribution in [3.05, 3.63) is 47.0 Å². The van der Waals surface area contributed by atoms with E-state index in [0.717, 1.165) is 5.39 Å². The highest BCUT2D eigenvalue weighted by molar-refractivity contribution is 6.32. The van der Waals surface area contributed by atoms with Crippen molar-refractivity contribution in [2.24, 2.45) is 5.73 Å². The summed E-state index contributed by atoms with van der Waals surface area (Å²) in [6.07, 6.45) is -4.49. The van der Waals surface area contributed by atoms with Gasteiger partial charge in [0, 0.05) is 5.02 Å². The predicted octanol–water partition coefficient (Wildman–Crippen LogP) is 4.06. The van der Waals surface area contributed by atoms with Crippen LogP contribution in [0.3, 0.4) is 0 Å². The number of benzene rings is 2. The van der Waals surface area contributed by atoms with Gasteiger partial charge in [-0.2, -0.15) is 13.2 Å². The summed E-state index contributed by atoms with van der Waals surface area (Å²) in [5.74, 6) is 0. The summed E-state index contributed by atoms with van der Waals surface area (Å²) in [5, 5.41) is 1.51. The maximum atomic E-state index is 12.5. The molecule has 90 valence electrons. The third-order valence-corrected chi connectivity index (χ3v) is 2.88. The van der Waals surface area contributed by atoms with Gasteiger partial charge in [-0.3, -0.25) is 0 Å². The molecule has 0 bridgehead atoms. The summed E-state index contributed by atoms with van der Waals surface area (Å²) >= 11 is 5.82. The van der Waals surface area contributed by atoms with Crippen LogP contribution in [0.1, 0.15) is 11.6 Å². The zero-order valence-corrected chi connectivity index (χ0v) is 9.39. The number of alkyl halides is 3. The fourth-order valence-corrected chi connectivity index (χ4v) is 1.93. The molecule has 2 rings (SSSR count). The Morgan fingerprint density at radius 1 is 1.06 bits per heavy atom. The zero-order chi connectivity index (χ0) is 12.6. The Morgan fingerprint density at radius 3 is 2.12 bits per heavy atom. The quantitative estimate of drug-likeness (QED) is 0.821. The maximum Gasteiger partial charge on any atom is 0.407 e. The predicted molar refractivity (Wildman–Crippen MR) is 61.9 cm³/mol. The minimum Gasteiger partial charge on any atom is -0.316 e. The summed E-state index contributed by atoms with van der Waals surface area (Å²) in [4.78, 5) is 0. The van der Waals surface area contributed by atoms with Crippen molar-refractivity contribution in [1.82, 2.24) is 0 Å². The summed E-state index contributed by atoms with van der Waals surface area (Å²) < 4.78 is 37.6. The number of hydrogen-bond acceptors (Lipinski definition) is 1. The van der Waals surface area contributed by atoms with Crippen molar-refractivity contribution in [3.8, 4) is 0 Å². The van der Waals surface area contributed by atoms with Gasteiger partial charge in [-0.1, -0.05) is 35.9 Å². The van der Waals surface area contributed by atoms with Crippen LogP contribution in [0.25, 0.3) is 10.8 Å². The first kappa shape index (κ1) is 12.2. The van der Waals surface area contributed by atoms with Crippen molar-refractivity contribution in [2.45, 2.75) is 12.2 Å². The fraction of sp³-hybridized carbons (Fsp3) is 0.167. The van der Waals surface area contributed by atoms with Crippen molar-refractivity contribution in [1.29, 1.82) is 0 Å². The number of rotatable bonds is 1. The van der Waals surface area contributed by atoms with Gasteiger partial charge in [-0.05, 0) is 28.5 Å². The normalized spacial score (nSPS) is 13.9. The van der Waals surface area contributed by atoms with Gasteiger partial charge in [-0.15, -0.1) is 0 Å². The van der Waals surface area contributed by atoms with E-state index in [-0.39, 0.29) is 10.6 Å². The van der Waals surface area contributed by atoms with E-state index in [9.17, 15) is 13.2 Å². The Hall–Kier alpha value is -1.26. The average molecular weight is 260 g/mol. The summed E-state index contributed by atoms with van der Waals surface area (Å²) in [6.45, 7) is 0. The van der Waals surface area contributed by atoms with Crippen LogP contribution in [0.2, 0.25) is 5.02 Å². The molecule has 0 fully saturated rings. The molecule has 0 saturated heterocycles. The highest BCUT2D eigenvalue weighted by atomic mass is 35.5. The molecule has 1 atom stereocenters. The van der Waals surface area contributed by atoms with Crippen LogP contribution in [-0.2, 0) is 0 Å². The third-order valence-electron chi connectivity index (χ3n) is 2.55. The van der Waals surface area contributed by atoms with E-state index in [2.05, 4.69) is 0 Å². The standard InChI is InChI=1S/C12H9ClF3N/c13-10-6-8-4-2-1-3-7(8)5-9(10)11(17)12(14,15)16/h1-6,11H,17H2/t11-/m0/s1. The van der Waals surface area contributed by atoms with E-state index in [1.54, 1.807) is 24.3 Å². The molecule has 0 saturated carbocycles. The number of nitrogens with two attached hydrogens (primary N) is 1. The molecule has 0 radical (unpaired) electrons. The molecule has 17 heavy (non-hydrogen) atoms. The molecule has 0 spiro atoms. The molecule has 0 heterocycles. The van der Waals surface area contributed by atoms with E-state index in [1.807, 2.05) is 0 Å². The van der Waals surface area contributed by atoms with Crippen LogP contribution in [0, 0.1) is 0 Å². The van der Waals surface area contributed by atoms with Crippen molar-refractivity contribution < 1.29 is 13.2 Å². The number of fused-ring (bicyclic) bond motifs is 1. The first-order valence-corrected chi connectivity index (χ1v) is 5.28. The van der Waals surface area contributed by atoms with Crippen molar-refractivity contribution in [2.75, 3.05) is 0 Å². The average Bonchev–Trinajstić information content (AvgIpc) is 2.26. The lowest BCUT2D eigenvalue weighted by Crippen LogP contribution is -2.28. The molecule has 0 aliphatic heterocycles. The molecule has 0 unspecified atom stereocenters. The van der Waals surface area contributed by atoms with Crippen LogP contribution in [-0.4, -0.2) is 6.18 Å². The fourth-order valence-electron chi connectivity index (χ4n) is 1.64. The van der Waals surface area contributed by atoms with Crippen LogP contribution >= 0.6 is 11.6 Å². The monoisotopic (exact) mass is 259 g/mol. The maximum absolute atomic E-state index is 12.5. The van der Waals surface area contributed by atoms with Crippen LogP contribution in [0.4, 0.5) is 13.2 Å². The minimum absolute atomic E-state index is 0.0357. The largest absolute Gasteiger partial charge is 0.407 e. The van der Waals surface area contributed by atoms with E-state index in [1.165, 1.54) is 12.1 Å². The zero-order valence-electron chi connectivity index (χ0n) is 8.63. The Balaban J connectivity index is 2.58. The van der Waals surface area contributed by atoms with Gasteiger partial charge in [0.1, 0.15) is 6.04 Å². The molecular formula is C12H9ClF3N. The van der Waals surface area contributed by atoms with Gasteiger partial charge in [0.25, 0.3) is 0 Å². The molecule has 0 aliphatic rings. The van der Waals surface area contributed by atoms with Gasteiger partial charge in [0.05, 0.1) is 0 Å². The SMILES string of the molecule is N[C@@H](c1cc2ccccc2cc1Cl)C(F)(F)F. The molecule has 0 aliphatic carbocycles. The smallest absolute Gasteiger partial charge is 0.316 e. The Morgan fingerprint density at radius 2 is 1.59 bits per heavy atom. The second-order valence-corrected chi connectivity index (χ2v) is 4.15. The number of hydrogen-bond donors (Lipinski definition) is 1.